The molecule has 0 amide bonds. The van der Waals surface area contributed by atoms with Gasteiger partial charge in [-0.1, -0.05) is 12.8 Å². The number of hydrogen-bond donors (Lipinski definition) is 1. The summed E-state index contributed by atoms with van der Waals surface area (Å²) in [5.74, 6) is 1.41. The van der Waals surface area contributed by atoms with E-state index in [1.54, 1.807) is 6.07 Å². The zero-order valence-electron chi connectivity index (χ0n) is 9.82. The zero-order valence-corrected chi connectivity index (χ0v) is 10.6. The second-order valence-electron chi connectivity index (χ2n) is 4.79. The Morgan fingerprint density at radius 3 is 2.65 bits per heavy atom. The minimum atomic E-state index is -0.900. The predicted molar refractivity (Wildman–Crippen MR) is 69.5 cm³/mol. The van der Waals surface area contributed by atoms with Crippen molar-refractivity contribution in [2.45, 2.75) is 31.4 Å². The first-order valence-electron chi connectivity index (χ1n) is 6.03. The summed E-state index contributed by atoms with van der Waals surface area (Å²) >= 11 is 0. The maximum atomic E-state index is 13.1. The van der Waals surface area contributed by atoms with Crippen LogP contribution in [0.25, 0.3) is 0 Å². The fourth-order valence-electron chi connectivity index (χ4n) is 2.44. The van der Waals surface area contributed by atoms with Crippen molar-refractivity contribution >= 4 is 16.5 Å². The summed E-state index contributed by atoms with van der Waals surface area (Å²) in [5, 5.41) is 0. The highest BCUT2D eigenvalue weighted by Crippen LogP contribution is 2.26. The number of hydrogen-bond acceptors (Lipinski definition) is 2. The molecule has 1 aromatic carbocycles. The third-order valence-corrected chi connectivity index (χ3v) is 4.70. The molecule has 2 N–H and O–H groups in total. The molecule has 2 nitrogen and oxygen atoms in total. The van der Waals surface area contributed by atoms with Crippen LogP contribution in [0.2, 0.25) is 0 Å². The molecule has 4 heteroatoms. The summed E-state index contributed by atoms with van der Waals surface area (Å²) in [6, 6.07) is 4.40. The average molecular weight is 255 g/mol. The third-order valence-electron chi connectivity index (χ3n) is 3.20. The second kappa shape index (κ2) is 5.63. The Kier molecular flexibility index (Phi) is 4.15. The summed E-state index contributed by atoms with van der Waals surface area (Å²) in [4.78, 5) is 0. The first-order valence-corrected chi connectivity index (χ1v) is 7.52. The Balaban J connectivity index is 1.92. The minimum absolute atomic E-state index is 0.349. The number of nitrogens with two attached hydrogens (primary N) is 1. The number of rotatable bonds is 4. The quantitative estimate of drug-likeness (QED) is 0.841. The molecule has 1 aliphatic rings. The molecule has 0 spiro atoms. The number of benzene rings is 1. The Morgan fingerprint density at radius 2 is 2.00 bits per heavy atom. The van der Waals surface area contributed by atoms with Gasteiger partial charge in [0.2, 0.25) is 0 Å². The fourth-order valence-corrected chi connectivity index (χ4v) is 3.96. The van der Waals surface area contributed by atoms with Gasteiger partial charge in [-0.25, -0.2) is 4.39 Å². The first-order chi connectivity index (χ1) is 8.13. The van der Waals surface area contributed by atoms with Crippen molar-refractivity contribution < 1.29 is 8.60 Å². The topological polar surface area (TPSA) is 43.1 Å². The van der Waals surface area contributed by atoms with E-state index in [1.807, 2.05) is 0 Å². The Morgan fingerprint density at radius 1 is 1.29 bits per heavy atom. The Hall–Kier alpha value is -0.900. The van der Waals surface area contributed by atoms with Gasteiger partial charge in [-0.05, 0) is 42.5 Å². The van der Waals surface area contributed by atoms with E-state index in [0.29, 0.717) is 17.4 Å². The number of nitrogen functional groups attached to an aromatic ring is 1. The molecule has 0 heterocycles. The lowest BCUT2D eigenvalue weighted by molar-refractivity contribution is 0.604. The van der Waals surface area contributed by atoms with Gasteiger partial charge in [-0.2, -0.15) is 0 Å². The van der Waals surface area contributed by atoms with Gasteiger partial charge in [0.25, 0.3) is 0 Å². The van der Waals surface area contributed by atoms with Crippen LogP contribution in [-0.4, -0.2) is 9.96 Å². The zero-order chi connectivity index (χ0) is 12.3. The molecule has 1 aromatic rings. The summed E-state index contributed by atoms with van der Waals surface area (Å²) < 4.78 is 25.0. The van der Waals surface area contributed by atoms with Gasteiger partial charge in [0.15, 0.2) is 0 Å². The highest BCUT2D eigenvalue weighted by molar-refractivity contribution is 7.84. The predicted octanol–water partition coefficient (Wildman–Crippen LogP) is 2.85. The van der Waals surface area contributed by atoms with Gasteiger partial charge in [0.1, 0.15) is 5.82 Å². The van der Waals surface area contributed by atoms with E-state index in [4.69, 9.17) is 5.73 Å². The van der Waals surface area contributed by atoms with E-state index in [9.17, 15) is 8.60 Å². The fraction of sp³-hybridized carbons (Fsp3) is 0.538. The van der Waals surface area contributed by atoms with Crippen LogP contribution in [0.5, 0.6) is 0 Å². The maximum absolute atomic E-state index is 13.1. The van der Waals surface area contributed by atoms with Crippen LogP contribution in [0.3, 0.4) is 0 Å². The molecule has 0 saturated heterocycles. The monoisotopic (exact) mass is 255 g/mol. The van der Waals surface area contributed by atoms with Crippen molar-refractivity contribution in [3.8, 4) is 0 Å². The molecule has 1 saturated carbocycles. The molecule has 1 aliphatic carbocycles. The molecule has 0 bridgehead atoms. The summed E-state index contributed by atoms with van der Waals surface area (Å²) in [6.07, 6.45) is 4.90. The van der Waals surface area contributed by atoms with E-state index in [-0.39, 0.29) is 5.82 Å². The molecule has 2 rings (SSSR count). The molecule has 0 aromatic heterocycles. The number of halogens is 1. The molecule has 0 radical (unpaired) electrons. The van der Waals surface area contributed by atoms with Gasteiger partial charge in [-0.3, -0.25) is 4.21 Å². The van der Waals surface area contributed by atoms with Crippen LogP contribution in [0.1, 0.15) is 31.2 Å². The van der Waals surface area contributed by atoms with Gasteiger partial charge >= 0.3 is 0 Å². The van der Waals surface area contributed by atoms with Gasteiger partial charge in [0.05, 0.1) is 0 Å². The van der Waals surface area contributed by atoms with E-state index in [0.717, 1.165) is 11.3 Å². The summed E-state index contributed by atoms with van der Waals surface area (Å²) in [6.45, 7) is 0. The molecule has 17 heavy (non-hydrogen) atoms. The van der Waals surface area contributed by atoms with Crippen LogP contribution in [0.15, 0.2) is 18.2 Å². The van der Waals surface area contributed by atoms with Crippen molar-refractivity contribution in [1.29, 1.82) is 0 Å². The smallest absolute Gasteiger partial charge is 0.125 e. The summed E-state index contributed by atoms with van der Waals surface area (Å²) in [5.41, 5.74) is 6.70. The largest absolute Gasteiger partial charge is 0.399 e. The van der Waals surface area contributed by atoms with Crippen molar-refractivity contribution in [3.63, 3.8) is 0 Å². The normalized spacial score (nSPS) is 18.4. The lowest BCUT2D eigenvalue weighted by Gasteiger charge is -2.09. The minimum Gasteiger partial charge on any atom is -0.399 e. The first kappa shape index (κ1) is 12.6. The van der Waals surface area contributed by atoms with Gasteiger partial charge < -0.3 is 5.73 Å². The lowest BCUT2D eigenvalue weighted by Crippen LogP contribution is -2.09. The van der Waals surface area contributed by atoms with Crippen LogP contribution >= 0.6 is 0 Å². The summed E-state index contributed by atoms with van der Waals surface area (Å²) in [7, 11) is -0.900. The molecule has 1 atom stereocenters. The molecule has 94 valence electrons. The van der Waals surface area contributed by atoms with Crippen molar-refractivity contribution in [3.05, 3.63) is 29.6 Å². The molecular weight excluding hydrogens is 237 g/mol. The highest BCUT2D eigenvalue weighted by atomic mass is 32.2. The van der Waals surface area contributed by atoms with Crippen molar-refractivity contribution in [2.24, 2.45) is 5.92 Å². The SMILES string of the molecule is Nc1cc(F)cc(CS(=O)CC2CCCC2)c1. The number of anilines is 1. The van der Waals surface area contributed by atoms with Gasteiger partial charge in [0, 0.05) is 28.0 Å². The van der Waals surface area contributed by atoms with E-state index < -0.39 is 10.8 Å². The van der Waals surface area contributed by atoms with Crippen molar-refractivity contribution in [1.82, 2.24) is 0 Å². The lowest BCUT2D eigenvalue weighted by atomic mass is 10.1. The van der Waals surface area contributed by atoms with Crippen LogP contribution < -0.4 is 5.73 Å². The van der Waals surface area contributed by atoms with E-state index in [2.05, 4.69) is 0 Å². The maximum Gasteiger partial charge on any atom is 0.125 e. The molecular formula is C13H18FNOS. The third kappa shape index (κ3) is 3.80. The van der Waals surface area contributed by atoms with E-state index in [1.165, 1.54) is 37.8 Å². The molecule has 1 unspecified atom stereocenters. The van der Waals surface area contributed by atoms with Crippen LogP contribution in [0, 0.1) is 11.7 Å². The second-order valence-corrected chi connectivity index (χ2v) is 6.30. The average Bonchev–Trinajstić information content (AvgIpc) is 2.67. The van der Waals surface area contributed by atoms with Gasteiger partial charge in [-0.15, -0.1) is 0 Å². The highest BCUT2D eigenvalue weighted by Gasteiger charge is 2.17. The van der Waals surface area contributed by atoms with Crippen LogP contribution in [0.4, 0.5) is 10.1 Å². The van der Waals surface area contributed by atoms with Crippen LogP contribution in [-0.2, 0) is 16.6 Å². The molecule has 1 fully saturated rings. The Labute approximate surface area is 104 Å². The Bertz CT molecular complexity index is 396. The standard InChI is InChI=1S/C13H18FNOS/c14-12-5-11(6-13(15)7-12)9-17(16)8-10-3-1-2-4-10/h5-7,10H,1-4,8-9,15H2. The van der Waals surface area contributed by atoms with E-state index >= 15 is 0 Å². The molecule has 0 aliphatic heterocycles. The van der Waals surface area contributed by atoms with Crippen molar-refractivity contribution in [2.75, 3.05) is 11.5 Å².